The van der Waals surface area contributed by atoms with E-state index in [1.807, 2.05) is 0 Å². The molecule has 0 amide bonds. The van der Waals surface area contributed by atoms with E-state index in [1.54, 1.807) is 0 Å². The summed E-state index contributed by atoms with van der Waals surface area (Å²) in [5, 5.41) is 0. The van der Waals surface area contributed by atoms with Crippen LogP contribution in [0.2, 0.25) is 0 Å². The zero-order valence-electron chi connectivity index (χ0n) is 2.17. The van der Waals surface area contributed by atoms with E-state index in [4.69, 9.17) is 8.76 Å². The van der Waals surface area contributed by atoms with Gasteiger partial charge in [-0.05, 0) is 0 Å². The van der Waals surface area contributed by atoms with Crippen LogP contribution in [0.4, 0.5) is 0 Å². The fourth-order valence-electron chi connectivity index (χ4n) is 0. The molecule has 0 aromatic heterocycles. The van der Waals surface area contributed by atoms with Gasteiger partial charge in [-0.2, -0.15) is 0 Å². The molecule has 5 heavy (non-hydrogen) atoms. The van der Waals surface area contributed by atoms with Gasteiger partial charge in [-0.3, -0.25) is 4.21 Å². The molecule has 0 aliphatic rings. The lowest BCUT2D eigenvalue weighted by Crippen LogP contribution is -1.61. The zero-order chi connectivity index (χ0) is 3.58. The van der Waals surface area contributed by atoms with Gasteiger partial charge in [0, 0.05) is 10.1 Å². The van der Waals surface area contributed by atoms with Crippen molar-refractivity contribution in [2.75, 3.05) is 0 Å². The van der Waals surface area contributed by atoms with Gasteiger partial charge in [0.15, 0.2) is 0 Å². The molecule has 5 heteroatoms. The molecule has 0 aromatic rings. The van der Waals surface area contributed by atoms with Gasteiger partial charge in [0.2, 0.25) is 0 Å². The van der Waals surface area contributed by atoms with Crippen LogP contribution in [0.25, 0.3) is 0 Å². The predicted molar refractivity (Wildman–Crippen MR) is 21.5 cm³/mol. The molecule has 1 unspecified atom stereocenters. The Labute approximate surface area is 36.8 Å². The second kappa shape index (κ2) is 4.42. The number of hydrogen-bond acceptors (Lipinski definition) is 2. The van der Waals surface area contributed by atoms with Gasteiger partial charge in [0.1, 0.15) is 0 Å². The van der Waals surface area contributed by atoms with Crippen molar-refractivity contribution in [1.82, 2.24) is 0 Å². The Morgan fingerprint density at radius 3 is 1.80 bits per heavy atom. The molecule has 0 aromatic carbocycles. The fraction of sp³-hybridized carbons (Fsp3) is 0. The van der Waals surface area contributed by atoms with Gasteiger partial charge < -0.3 is 10.0 Å². The van der Waals surface area contributed by atoms with E-state index in [-0.39, 0.29) is 5.48 Å². The smallest absolute Gasteiger partial charge is 0.00367 e. The first kappa shape index (κ1) is 9.05. The van der Waals surface area contributed by atoms with Crippen molar-refractivity contribution in [1.29, 1.82) is 0 Å². The minimum Gasteiger partial charge on any atom is -0.764 e. The summed E-state index contributed by atoms with van der Waals surface area (Å²) in [6, 6.07) is 0. The number of rotatable bonds is 0. The predicted octanol–water partition coefficient (Wildman–Crippen LogP) is -1.11. The van der Waals surface area contributed by atoms with Gasteiger partial charge in [0.25, 0.3) is 0 Å². The van der Waals surface area contributed by atoms with Crippen molar-refractivity contribution in [3.8, 4) is 0 Å². The fourth-order valence-corrected chi connectivity index (χ4v) is 0. The molecule has 0 saturated heterocycles. The molecule has 0 rings (SSSR count). The lowest BCUT2D eigenvalue weighted by atomic mass is 15.9. The Morgan fingerprint density at radius 1 is 1.80 bits per heavy atom. The topological polar surface area (TPSA) is 71.6 Å². The highest BCUT2D eigenvalue weighted by Crippen LogP contribution is 1.69. The van der Waals surface area contributed by atoms with Crippen molar-refractivity contribution < 1.29 is 14.2 Å². The monoisotopic (exact) mass is 115 g/mol. The van der Waals surface area contributed by atoms with Crippen LogP contribution < -0.4 is 0 Å². The Hall–Kier alpha value is 0.420. The first-order chi connectivity index (χ1) is 1.73. The van der Waals surface area contributed by atoms with Crippen LogP contribution in [0.3, 0.4) is 0 Å². The van der Waals surface area contributed by atoms with E-state index < -0.39 is 10.1 Å². The third-order valence-corrected chi connectivity index (χ3v) is 0. The standard InChI is InChI=1S/H2O2S2.H2O/c1-4(2)3;/h(H2,1,2,3);1H2/p-1. The highest BCUT2D eigenvalue weighted by atomic mass is 33.1. The average Bonchev–Trinajstić information content (AvgIpc) is 0.811. The Morgan fingerprint density at radius 2 is 1.80 bits per heavy atom. The van der Waals surface area contributed by atoms with Crippen LogP contribution in [-0.4, -0.2) is 14.2 Å². The molecule has 0 heterocycles. The maximum absolute atomic E-state index is 8.86. The van der Waals surface area contributed by atoms with E-state index in [0.29, 0.717) is 0 Å². The third kappa shape index (κ3) is 147. The molecule has 0 aliphatic carbocycles. The van der Waals surface area contributed by atoms with Gasteiger partial charge in [-0.25, -0.2) is 0 Å². The van der Waals surface area contributed by atoms with Crippen molar-refractivity contribution in [2.45, 2.75) is 0 Å². The first-order valence-electron chi connectivity index (χ1n) is 0.516. The molecule has 0 fully saturated rings. The van der Waals surface area contributed by atoms with Crippen LogP contribution in [0.15, 0.2) is 0 Å². The zero-order valence-corrected chi connectivity index (χ0v) is 3.88. The van der Waals surface area contributed by atoms with Crippen LogP contribution in [0.5, 0.6) is 0 Å². The van der Waals surface area contributed by atoms with Crippen molar-refractivity contribution in [3.63, 3.8) is 0 Å². The van der Waals surface area contributed by atoms with Crippen LogP contribution >= 0.6 is 11.7 Å². The van der Waals surface area contributed by atoms with Crippen LogP contribution in [-0.2, 0) is 10.1 Å². The van der Waals surface area contributed by atoms with Gasteiger partial charge in [-0.15, -0.1) is 0 Å². The summed E-state index contributed by atoms with van der Waals surface area (Å²) in [6.45, 7) is 0. The van der Waals surface area contributed by atoms with Gasteiger partial charge in [-0.1, -0.05) is 11.7 Å². The van der Waals surface area contributed by atoms with Crippen LogP contribution in [0.1, 0.15) is 0 Å². The molecular weight excluding hydrogens is 112 g/mol. The number of hydrogen-bond donors (Lipinski definition) is 1. The van der Waals surface area contributed by atoms with E-state index in [1.165, 1.54) is 0 Å². The molecule has 1 atom stereocenters. The lowest BCUT2D eigenvalue weighted by Gasteiger charge is -1.83. The molecule has 0 spiro atoms. The second-order valence-corrected chi connectivity index (χ2v) is 1.55. The average molecular weight is 115 g/mol. The lowest BCUT2D eigenvalue weighted by molar-refractivity contribution is 0.554. The Bertz CT molecular complexity index is 27.9. The molecule has 0 aliphatic heterocycles. The largest absolute Gasteiger partial charge is 0.764 e. The summed E-state index contributed by atoms with van der Waals surface area (Å²) >= 11 is 2.88. The summed E-state index contributed by atoms with van der Waals surface area (Å²) in [6.07, 6.45) is 0. The van der Waals surface area contributed by atoms with Crippen molar-refractivity contribution >= 4 is 21.8 Å². The van der Waals surface area contributed by atoms with Crippen molar-refractivity contribution in [2.24, 2.45) is 0 Å². The molecule has 0 bridgehead atoms. The normalized spacial score (nSPS) is 12.4. The highest BCUT2D eigenvalue weighted by molar-refractivity contribution is 8.57. The summed E-state index contributed by atoms with van der Waals surface area (Å²) in [5.41, 5.74) is 0. The van der Waals surface area contributed by atoms with Gasteiger partial charge in [0.05, 0.1) is 0 Å². The molecule has 0 radical (unpaired) electrons. The quantitative estimate of drug-likeness (QED) is 0.247. The Kier molecular flexibility index (Phi) is 8.00. The van der Waals surface area contributed by atoms with E-state index in [2.05, 4.69) is 11.7 Å². The third-order valence-electron chi connectivity index (χ3n) is 0. The molecule has 34 valence electrons. The Balaban J connectivity index is 0. The molecule has 3 nitrogen and oxygen atoms in total. The first-order valence-corrected chi connectivity index (χ1v) is 2.64. The summed E-state index contributed by atoms with van der Waals surface area (Å²) in [7, 11) is -2.17. The maximum atomic E-state index is 8.86. The van der Waals surface area contributed by atoms with Crippen LogP contribution in [0, 0.1) is 0 Å². The SMILES string of the molecule is O.O=S([O-])S. The van der Waals surface area contributed by atoms with Gasteiger partial charge >= 0.3 is 0 Å². The molecule has 0 saturated carbocycles. The second-order valence-electron chi connectivity index (χ2n) is 0.217. The van der Waals surface area contributed by atoms with Crippen molar-refractivity contribution in [3.05, 3.63) is 0 Å². The molecule has 2 N–H and O–H groups in total. The summed E-state index contributed by atoms with van der Waals surface area (Å²) in [5.74, 6) is 0. The van der Waals surface area contributed by atoms with E-state index in [9.17, 15) is 0 Å². The minimum absolute atomic E-state index is 0. The van der Waals surface area contributed by atoms with E-state index >= 15 is 0 Å². The summed E-state index contributed by atoms with van der Waals surface area (Å²) < 4.78 is 17.7. The summed E-state index contributed by atoms with van der Waals surface area (Å²) in [4.78, 5) is 0. The highest BCUT2D eigenvalue weighted by Gasteiger charge is 1.42. The van der Waals surface area contributed by atoms with E-state index in [0.717, 1.165) is 0 Å². The maximum Gasteiger partial charge on any atom is 0.00367 e. The minimum atomic E-state index is -2.17. The number of thiol groups is 1. The molecular formula is H3O3S2-.